The van der Waals surface area contributed by atoms with Gasteiger partial charge in [-0.25, -0.2) is 0 Å². The van der Waals surface area contributed by atoms with Crippen molar-refractivity contribution in [1.29, 1.82) is 0 Å². The van der Waals surface area contributed by atoms with Crippen LogP contribution in [0.4, 0.5) is 0 Å². The molecule has 0 aromatic heterocycles. The Kier molecular flexibility index (Phi) is 2.54. The van der Waals surface area contributed by atoms with E-state index in [1.54, 1.807) is 0 Å². The zero-order valence-corrected chi connectivity index (χ0v) is 10.3. The van der Waals surface area contributed by atoms with E-state index in [4.69, 9.17) is 0 Å². The number of fused-ring (bicyclic) bond motifs is 3. The predicted molar refractivity (Wildman–Crippen MR) is 63.8 cm³/mol. The molecule has 2 saturated carbocycles. The highest BCUT2D eigenvalue weighted by Crippen LogP contribution is 2.49. The molecule has 2 aliphatic carbocycles. The molecule has 1 aliphatic heterocycles. The summed E-state index contributed by atoms with van der Waals surface area (Å²) in [7, 11) is 2.41. The zero-order chi connectivity index (χ0) is 10.4. The molecule has 0 aromatic carbocycles. The zero-order valence-electron chi connectivity index (χ0n) is 10.3. The minimum Gasteiger partial charge on any atom is -0.300 e. The third-order valence-corrected chi connectivity index (χ3v) is 5.54. The first kappa shape index (κ1) is 10.1. The first-order valence-corrected chi connectivity index (χ1v) is 7.01. The summed E-state index contributed by atoms with van der Waals surface area (Å²) < 4.78 is 0. The van der Waals surface area contributed by atoms with Crippen LogP contribution in [-0.2, 0) is 0 Å². The normalized spacial score (nSPS) is 51.2. The lowest BCUT2D eigenvalue weighted by atomic mass is 9.71. The van der Waals surface area contributed by atoms with Gasteiger partial charge in [-0.15, -0.1) is 0 Å². The lowest BCUT2D eigenvalue weighted by molar-refractivity contribution is 0.130. The van der Waals surface area contributed by atoms with E-state index in [1.165, 1.54) is 44.9 Å². The first-order valence-electron chi connectivity index (χ1n) is 7.01. The van der Waals surface area contributed by atoms with Crippen molar-refractivity contribution >= 4 is 0 Å². The van der Waals surface area contributed by atoms with Gasteiger partial charge in [0, 0.05) is 12.1 Å². The van der Waals surface area contributed by atoms with E-state index in [9.17, 15) is 0 Å². The lowest BCUT2D eigenvalue weighted by Crippen LogP contribution is -2.40. The van der Waals surface area contributed by atoms with Crippen LogP contribution in [0.3, 0.4) is 0 Å². The SMILES string of the molecule is CC1CCCC2C3CCCCC3N(C)C12. The van der Waals surface area contributed by atoms with Gasteiger partial charge in [0.1, 0.15) is 0 Å². The molecule has 3 fully saturated rings. The van der Waals surface area contributed by atoms with E-state index in [0.29, 0.717) is 0 Å². The fourth-order valence-corrected chi connectivity index (χ4v) is 4.98. The maximum atomic E-state index is 2.78. The summed E-state index contributed by atoms with van der Waals surface area (Å²) in [5.74, 6) is 3.08. The standard InChI is InChI=1S/C14H25N/c1-10-6-5-8-12-11-7-3-4-9-13(11)15(2)14(10)12/h10-14H,3-9H2,1-2H3. The Morgan fingerprint density at radius 3 is 2.47 bits per heavy atom. The molecule has 1 heteroatoms. The van der Waals surface area contributed by atoms with E-state index >= 15 is 0 Å². The lowest BCUT2D eigenvalue weighted by Gasteiger charge is -2.36. The molecule has 0 radical (unpaired) electrons. The smallest absolute Gasteiger partial charge is 0.0152 e. The van der Waals surface area contributed by atoms with E-state index < -0.39 is 0 Å². The van der Waals surface area contributed by atoms with Crippen LogP contribution >= 0.6 is 0 Å². The Labute approximate surface area is 94.2 Å². The third-order valence-electron chi connectivity index (χ3n) is 5.54. The molecular weight excluding hydrogens is 182 g/mol. The van der Waals surface area contributed by atoms with Crippen molar-refractivity contribution in [3.8, 4) is 0 Å². The fourth-order valence-electron chi connectivity index (χ4n) is 4.98. The fraction of sp³-hybridized carbons (Fsp3) is 1.00. The molecule has 3 aliphatic rings. The molecule has 5 unspecified atom stereocenters. The molecular formula is C14H25N. The van der Waals surface area contributed by atoms with Crippen LogP contribution in [0.15, 0.2) is 0 Å². The van der Waals surface area contributed by atoms with Crippen LogP contribution < -0.4 is 0 Å². The van der Waals surface area contributed by atoms with Crippen molar-refractivity contribution in [2.75, 3.05) is 7.05 Å². The summed E-state index contributed by atoms with van der Waals surface area (Å²) in [5, 5.41) is 0. The summed E-state index contributed by atoms with van der Waals surface area (Å²) >= 11 is 0. The van der Waals surface area contributed by atoms with Gasteiger partial charge in [-0.2, -0.15) is 0 Å². The molecule has 1 nitrogen and oxygen atoms in total. The molecule has 15 heavy (non-hydrogen) atoms. The largest absolute Gasteiger partial charge is 0.300 e. The molecule has 5 atom stereocenters. The van der Waals surface area contributed by atoms with E-state index in [-0.39, 0.29) is 0 Å². The van der Waals surface area contributed by atoms with Gasteiger partial charge >= 0.3 is 0 Å². The van der Waals surface area contributed by atoms with Crippen molar-refractivity contribution in [3.63, 3.8) is 0 Å². The average Bonchev–Trinajstić information content (AvgIpc) is 2.55. The molecule has 0 bridgehead atoms. The quantitative estimate of drug-likeness (QED) is 0.589. The van der Waals surface area contributed by atoms with Gasteiger partial charge in [-0.05, 0) is 50.5 Å². The van der Waals surface area contributed by atoms with Crippen LogP contribution in [0.25, 0.3) is 0 Å². The second-order valence-electron chi connectivity index (χ2n) is 6.24. The second kappa shape index (κ2) is 3.76. The van der Waals surface area contributed by atoms with Gasteiger partial charge < -0.3 is 0 Å². The van der Waals surface area contributed by atoms with Crippen molar-refractivity contribution in [3.05, 3.63) is 0 Å². The minimum atomic E-state index is 0.937. The second-order valence-corrected chi connectivity index (χ2v) is 6.24. The molecule has 0 spiro atoms. The molecule has 0 N–H and O–H groups in total. The van der Waals surface area contributed by atoms with Crippen LogP contribution in [0.1, 0.15) is 51.9 Å². The summed E-state index contributed by atoms with van der Waals surface area (Å²) in [6, 6.07) is 1.89. The van der Waals surface area contributed by atoms with Gasteiger partial charge in [0.15, 0.2) is 0 Å². The summed E-state index contributed by atoms with van der Waals surface area (Å²) in [5.41, 5.74) is 0. The molecule has 0 amide bonds. The predicted octanol–water partition coefficient (Wildman–Crippen LogP) is 3.30. The first-order chi connectivity index (χ1) is 7.29. The van der Waals surface area contributed by atoms with Crippen LogP contribution in [-0.4, -0.2) is 24.0 Å². The van der Waals surface area contributed by atoms with Gasteiger partial charge in [0.05, 0.1) is 0 Å². The van der Waals surface area contributed by atoms with Crippen molar-refractivity contribution < 1.29 is 0 Å². The number of hydrogen-bond donors (Lipinski definition) is 0. The highest BCUT2D eigenvalue weighted by molar-refractivity contribution is 5.03. The summed E-state index contributed by atoms with van der Waals surface area (Å²) in [6.45, 7) is 2.49. The molecule has 86 valence electrons. The molecule has 1 saturated heterocycles. The van der Waals surface area contributed by atoms with Gasteiger partial charge in [0.2, 0.25) is 0 Å². The van der Waals surface area contributed by atoms with Crippen molar-refractivity contribution in [1.82, 2.24) is 4.90 Å². The van der Waals surface area contributed by atoms with Gasteiger partial charge in [0.25, 0.3) is 0 Å². The topological polar surface area (TPSA) is 3.24 Å². The van der Waals surface area contributed by atoms with Crippen LogP contribution in [0.5, 0.6) is 0 Å². The van der Waals surface area contributed by atoms with Crippen molar-refractivity contribution in [2.24, 2.45) is 17.8 Å². The Balaban J connectivity index is 1.85. The molecule has 0 aromatic rings. The summed E-state index contributed by atoms with van der Waals surface area (Å²) in [6.07, 6.45) is 10.5. The van der Waals surface area contributed by atoms with Crippen LogP contribution in [0.2, 0.25) is 0 Å². The Morgan fingerprint density at radius 1 is 0.867 bits per heavy atom. The number of hydrogen-bond acceptors (Lipinski definition) is 1. The van der Waals surface area contributed by atoms with E-state index in [1.807, 2.05) is 0 Å². The number of likely N-dealkylation sites (tertiary alicyclic amines) is 1. The minimum absolute atomic E-state index is 0.937. The highest BCUT2D eigenvalue weighted by Gasteiger charge is 2.49. The monoisotopic (exact) mass is 207 g/mol. The van der Waals surface area contributed by atoms with Gasteiger partial charge in [-0.3, -0.25) is 4.90 Å². The van der Waals surface area contributed by atoms with Crippen LogP contribution in [0, 0.1) is 17.8 Å². The molecule has 1 heterocycles. The Hall–Kier alpha value is -0.0400. The van der Waals surface area contributed by atoms with Crippen molar-refractivity contribution in [2.45, 2.75) is 64.0 Å². The van der Waals surface area contributed by atoms with E-state index in [2.05, 4.69) is 18.9 Å². The summed E-state index contributed by atoms with van der Waals surface area (Å²) in [4.78, 5) is 2.78. The molecule has 3 rings (SSSR count). The Morgan fingerprint density at radius 2 is 1.60 bits per heavy atom. The maximum Gasteiger partial charge on any atom is 0.0152 e. The maximum absolute atomic E-state index is 2.78. The van der Waals surface area contributed by atoms with Gasteiger partial charge in [-0.1, -0.05) is 26.2 Å². The third kappa shape index (κ3) is 1.46. The highest BCUT2D eigenvalue weighted by atomic mass is 15.2. The number of rotatable bonds is 0. The van der Waals surface area contributed by atoms with E-state index in [0.717, 1.165) is 29.8 Å². The Bertz CT molecular complexity index is 237. The number of nitrogens with zero attached hydrogens (tertiary/aromatic N) is 1. The average molecular weight is 207 g/mol.